The lowest BCUT2D eigenvalue weighted by molar-refractivity contribution is 0.0734. The molecule has 0 aromatic carbocycles. The summed E-state index contributed by atoms with van der Waals surface area (Å²) in [5, 5.41) is 3.51. The monoisotopic (exact) mass is 155 g/mol. The van der Waals surface area contributed by atoms with Crippen molar-refractivity contribution in [1.29, 1.82) is 0 Å². The molecule has 0 amide bonds. The Labute approximate surface area is 70.6 Å². The predicted octanol–water partition coefficient (Wildman–Crippen LogP) is 2.56. The van der Waals surface area contributed by atoms with Gasteiger partial charge in [-0.3, -0.25) is 0 Å². The Morgan fingerprint density at radius 1 is 1.18 bits per heavy atom. The quantitative estimate of drug-likeness (QED) is 0.658. The molecule has 1 nitrogen and oxygen atoms in total. The van der Waals surface area contributed by atoms with E-state index in [9.17, 15) is 0 Å². The van der Waals surface area contributed by atoms with Crippen LogP contribution in [0.5, 0.6) is 0 Å². The van der Waals surface area contributed by atoms with Crippen LogP contribution in [0.4, 0.5) is 0 Å². The van der Waals surface area contributed by atoms with E-state index in [2.05, 4.69) is 26.1 Å². The highest BCUT2D eigenvalue weighted by Crippen LogP contribution is 2.46. The highest BCUT2D eigenvalue weighted by atomic mass is 14.9. The summed E-state index contributed by atoms with van der Waals surface area (Å²) in [5.74, 6) is 0. The minimum Gasteiger partial charge on any atom is -0.314 e. The molecule has 66 valence electrons. The maximum absolute atomic E-state index is 3.51. The van der Waals surface area contributed by atoms with E-state index in [1.165, 1.54) is 25.7 Å². The van der Waals surface area contributed by atoms with Gasteiger partial charge < -0.3 is 5.32 Å². The second-order valence-electron chi connectivity index (χ2n) is 3.87. The fourth-order valence-corrected chi connectivity index (χ4v) is 2.25. The summed E-state index contributed by atoms with van der Waals surface area (Å²) in [6, 6.07) is 0.833. The lowest BCUT2D eigenvalue weighted by Crippen LogP contribution is -2.48. The molecule has 1 saturated carbocycles. The van der Waals surface area contributed by atoms with Gasteiger partial charge in [0.25, 0.3) is 0 Å². The largest absolute Gasteiger partial charge is 0.314 e. The van der Waals surface area contributed by atoms with Crippen LogP contribution < -0.4 is 5.32 Å². The number of hydrogen-bond acceptors (Lipinski definition) is 1. The van der Waals surface area contributed by atoms with Crippen LogP contribution in [0, 0.1) is 5.41 Å². The molecular formula is C10H21N. The van der Waals surface area contributed by atoms with Crippen LogP contribution in [-0.4, -0.2) is 12.6 Å². The van der Waals surface area contributed by atoms with E-state index in [4.69, 9.17) is 0 Å². The molecule has 0 atom stereocenters. The van der Waals surface area contributed by atoms with Gasteiger partial charge in [0.1, 0.15) is 0 Å². The molecule has 11 heavy (non-hydrogen) atoms. The zero-order chi connectivity index (χ0) is 8.32. The average molecular weight is 155 g/mol. The van der Waals surface area contributed by atoms with Crippen LogP contribution in [0.2, 0.25) is 0 Å². The molecule has 1 aliphatic carbocycles. The van der Waals surface area contributed by atoms with Gasteiger partial charge in [-0.15, -0.1) is 0 Å². The van der Waals surface area contributed by atoms with Crippen molar-refractivity contribution < 1.29 is 0 Å². The van der Waals surface area contributed by atoms with E-state index in [-0.39, 0.29) is 0 Å². The Balaban J connectivity index is 2.24. The van der Waals surface area contributed by atoms with Gasteiger partial charge >= 0.3 is 0 Å². The van der Waals surface area contributed by atoms with Gasteiger partial charge in [-0.2, -0.15) is 0 Å². The molecule has 0 spiro atoms. The van der Waals surface area contributed by atoms with E-state index >= 15 is 0 Å². The lowest BCUT2D eigenvalue weighted by Gasteiger charge is -2.47. The molecule has 1 rings (SSSR count). The first-order valence-electron chi connectivity index (χ1n) is 4.99. The number of rotatable bonds is 4. The minimum absolute atomic E-state index is 0.715. The first kappa shape index (κ1) is 9.05. The maximum atomic E-state index is 3.51. The molecule has 1 aliphatic rings. The Hall–Kier alpha value is -0.0400. The molecule has 0 aliphatic heterocycles. The Morgan fingerprint density at radius 2 is 1.73 bits per heavy atom. The zero-order valence-corrected chi connectivity index (χ0v) is 8.11. The van der Waals surface area contributed by atoms with Crippen LogP contribution in [0.1, 0.15) is 46.5 Å². The Bertz CT molecular complexity index is 108. The molecule has 0 radical (unpaired) electrons. The smallest absolute Gasteiger partial charge is 0.00775 e. The third-order valence-electron chi connectivity index (χ3n) is 3.35. The second-order valence-corrected chi connectivity index (χ2v) is 3.87. The van der Waals surface area contributed by atoms with Crippen LogP contribution in [-0.2, 0) is 0 Å². The van der Waals surface area contributed by atoms with Gasteiger partial charge in [0, 0.05) is 6.04 Å². The second kappa shape index (κ2) is 3.57. The molecule has 1 N–H and O–H groups in total. The van der Waals surface area contributed by atoms with Crippen molar-refractivity contribution in [2.75, 3.05) is 6.54 Å². The summed E-state index contributed by atoms with van der Waals surface area (Å²) in [7, 11) is 0. The van der Waals surface area contributed by atoms with Crippen molar-refractivity contribution in [3.63, 3.8) is 0 Å². The van der Waals surface area contributed by atoms with Crippen molar-refractivity contribution in [3.8, 4) is 0 Å². The molecular weight excluding hydrogens is 134 g/mol. The highest BCUT2D eigenvalue weighted by molar-refractivity contribution is 4.95. The Morgan fingerprint density at radius 3 is 2.09 bits per heavy atom. The average Bonchev–Trinajstić information content (AvgIpc) is 1.96. The molecule has 0 bridgehead atoms. The van der Waals surface area contributed by atoms with Crippen molar-refractivity contribution in [2.24, 2.45) is 5.41 Å². The van der Waals surface area contributed by atoms with Crippen LogP contribution in [0.25, 0.3) is 0 Å². The first-order chi connectivity index (χ1) is 5.26. The van der Waals surface area contributed by atoms with E-state index in [0.717, 1.165) is 12.6 Å². The maximum Gasteiger partial charge on any atom is 0.00775 e. The fraction of sp³-hybridized carbons (Fsp3) is 1.00. The Kier molecular flexibility index (Phi) is 2.94. The van der Waals surface area contributed by atoms with E-state index in [1.807, 2.05) is 0 Å². The molecule has 0 saturated heterocycles. The summed E-state index contributed by atoms with van der Waals surface area (Å²) < 4.78 is 0. The summed E-state index contributed by atoms with van der Waals surface area (Å²) >= 11 is 0. The fourth-order valence-electron chi connectivity index (χ4n) is 2.25. The highest BCUT2D eigenvalue weighted by Gasteiger charge is 2.40. The predicted molar refractivity (Wildman–Crippen MR) is 49.7 cm³/mol. The summed E-state index contributed by atoms with van der Waals surface area (Å²) in [6.45, 7) is 7.98. The van der Waals surface area contributed by atoms with Crippen LogP contribution in [0.15, 0.2) is 0 Å². The normalized spacial score (nSPS) is 23.2. The molecule has 0 unspecified atom stereocenters. The van der Waals surface area contributed by atoms with E-state index < -0.39 is 0 Å². The topological polar surface area (TPSA) is 12.0 Å². The summed E-state index contributed by atoms with van der Waals surface area (Å²) in [6.07, 6.45) is 5.55. The zero-order valence-electron chi connectivity index (χ0n) is 8.11. The lowest BCUT2D eigenvalue weighted by atomic mass is 9.62. The standard InChI is InChI=1S/C10H21N/c1-4-10(5-2)7-9(8-10)11-6-3/h9,11H,4-8H2,1-3H3. The third kappa shape index (κ3) is 1.76. The molecule has 0 aromatic heterocycles. The molecule has 1 heteroatoms. The molecule has 0 heterocycles. The summed E-state index contributed by atoms with van der Waals surface area (Å²) in [4.78, 5) is 0. The van der Waals surface area contributed by atoms with Crippen molar-refractivity contribution in [3.05, 3.63) is 0 Å². The number of hydrogen-bond donors (Lipinski definition) is 1. The van der Waals surface area contributed by atoms with Crippen molar-refractivity contribution in [1.82, 2.24) is 5.32 Å². The SMILES string of the molecule is CCNC1CC(CC)(CC)C1. The van der Waals surface area contributed by atoms with Crippen molar-refractivity contribution in [2.45, 2.75) is 52.5 Å². The van der Waals surface area contributed by atoms with Crippen LogP contribution >= 0.6 is 0 Å². The third-order valence-corrected chi connectivity index (χ3v) is 3.35. The first-order valence-corrected chi connectivity index (χ1v) is 4.99. The van der Waals surface area contributed by atoms with Gasteiger partial charge in [0.05, 0.1) is 0 Å². The van der Waals surface area contributed by atoms with Gasteiger partial charge in [-0.1, -0.05) is 33.6 Å². The van der Waals surface area contributed by atoms with Gasteiger partial charge in [-0.25, -0.2) is 0 Å². The van der Waals surface area contributed by atoms with E-state index in [0.29, 0.717) is 5.41 Å². The van der Waals surface area contributed by atoms with Gasteiger partial charge in [0.2, 0.25) is 0 Å². The number of nitrogens with one attached hydrogen (secondary N) is 1. The van der Waals surface area contributed by atoms with Gasteiger partial charge in [-0.05, 0) is 24.8 Å². The molecule has 0 aromatic rings. The molecule has 1 fully saturated rings. The van der Waals surface area contributed by atoms with E-state index in [1.54, 1.807) is 0 Å². The van der Waals surface area contributed by atoms with Crippen LogP contribution in [0.3, 0.4) is 0 Å². The summed E-state index contributed by atoms with van der Waals surface area (Å²) in [5.41, 5.74) is 0.715. The van der Waals surface area contributed by atoms with Crippen molar-refractivity contribution >= 4 is 0 Å². The minimum atomic E-state index is 0.715. The van der Waals surface area contributed by atoms with Gasteiger partial charge in [0.15, 0.2) is 0 Å².